The molecule has 0 amide bonds. The van der Waals surface area contributed by atoms with Crippen LogP contribution in [0, 0.1) is 34.9 Å². The Labute approximate surface area is 175 Å². The van der Waals surface area contributed by atoms with E-state index in [4.69, 9.17) is 9.47 Å². The third-order valence-electron chi connectivity index (χ3n) is 8.60. The van der Waals surface area contributed by atoms with Crippen LogP contribution in [0.15, 0.2) is 61.2 Å². The number of carbonyl (C=O) groups excluding carboxylic acids is 1. The zero-order chi connectivity index (χ0) is 20.5. The Balaban J connectivity index is 1.29. The summed E-state index contributed by atoms with van der Waals surface area (Å²) in [6.45, 7) is 4.12. The molecule has 4 heteroatoms. The van der Waals surface area contributed by atoms with Crippen molar-refractivity contribution in [2.45, 2.75) is 37.7 Å². The molecule has 1 spiro atoms. The topological polar surface area (TPSA) is 35.5 Å². The number of rotatable bonds is 5. The highest BCUT2D eigenvalue weighted by Gasteiger charge is 2.79. The standard InChI is InChI=1S/C26H25FO3/c1-2-26(20-14-19-21(26)15-25(19)12-6-9-18(20)25)30-23-13-16(10-11-22(23)27)24(28)29-17-7-4-3-5-8-17/h2-5,7-8,10-11,13,18-21H,1,6,9,12,14-15H2. The molecule has 4 saturated carbocycles. The minimum absolute atomic E-state index is 0.125. The average Bonchev–Trinajstić information content (AvgIpc) is 3.37. The molecular formula is C26H25FO3. The maximum Gasteiger partial charge on any atom is 0.343 e. The largest absolute Gasteiger partial charge is 0.480 e. The number of para-hydroxylation sites is 1. The number of carbonyl (C=O) groups is 1. The second-order valence-electron chi connectivity index (χ2n) is 9.50. The second kappa shape index (κ2) is 6.19. The van der Waals surface area contributed by atoms with Gasteiger partial charge in [0.2, 0.25) is 0 Å². The number of esters is 1. The minimum Gasteiger partial charge on any atom is -0.480 e. The van der Waals surface area contributed by atoms with E-state index in [0.717, 1.165) is 0 Å². The first-order valence-corrected chi connectivity index (χ1v) is 11.0. The highest BCUT2D eigenvalue weighted by molar-refractivity contribution is 5.91. The maximum absolute atomic E-state index is 14.8. The smallest absolute Gasteiger partial charge is 0.343 e. The van der Waals surface area contributed by atoms with Crippen molar-refractivity contribution in [2.75, 3.05) is 0 Å². The van der Waals surface area contributed by atoms with Gasteiger partial charge in [-0.25, -0.2) is 9.18 Å². The van der Waals surface area contributed by atoms with E-state index in [-0.39, 0.29) is 11.3 Å². The molecule has 2 aromatic rings. The van der Waals surface area contributed by atoms with Gasteiger partial charge in [-0.3, -0.25) is 0 Å². The summed E-state index contributed by atoms with van der Waals surface area (Å²) in [5, 5.41) is 0. The van der Waals surface area contributed by atoms with E-state index in [9.17, 15) is 9.18 Å². The van der Waals surface area contributed by atoms with Crippen molar-refractivity contribution in [3.8, 4) is 11.5 Å². The van der Waals surface area contributed by atoms with E-state index in [1.54, 1.807) is 24.3 Å². The Bertz CT molecular complexity index is 1030. The van der Waals surface area contributed by atoms with Gasteiger partial charge in [-0.2, -0.15) is 0 Å². The van der Waals surface area contributed by atoms with Gasteiger partial charge in [0.15, 0.2) is 11.6 Å². The highest BCUT2D eigenvalue weighted by atomic mass is 19.1. The normalized spacial score (nSPS) is 37.4. The van der Waals surface area contributed by atoms with Crippen LogP contribution in [-0.2, 0) is 0 Å². The summed E-state index contributed by atoms with van der Waals surface area (Å²) < 4.78 is 26.6. The molecule has 0 aromatic heterocycles. The van der Waals surface area contributed by atoms with E-state index in [2.05, 4.69) is 6.58 Å². The van der Waals surface area contributed by atoms with Gasteiger partial charge < -0.3 is 9.47 Å². The SMILES string of the molecule is C=CC1(Oc2cc(C(=O)Oc3ccccc3)ccc2F)C2CC3C1CC31CCCC21. The van der Waals surface area contributed by atoms with Gasteiger partial charge in [0.25, 0.3) is 0 Å². The Morgan fingerprint density at radius 1 is 1.10 bits per heavy atom. The molecular weight excluding hydrogens is 379 g/mol. The summed E-state index contributed by atoms with van der Waals surface area (Å²) in [7, 11) is 0. The monoisotopic (exact) mass is 404 g/mol. The molecule has 154 valence electrons. The number of hydrogen-bond donors (Lipinski definition) is 0. The lowest BCUT2D eigenvalue weighted by Crippen LogP contribution is -2.63. The van der Waals surface area contributed by atoms with E-state index in [1.807, 2.05) is 12.1 Å². The van der Waals surface area contributed by atoms with Crippen molar-refractivity contribution in [3.63, 3.8) is 0 Å². The minimum atomic E-state index is -0.524. The first kappa shape index (κ1) is 18.2. The molecule has 0 aliphatic heterocycles. The van der Waals surface area contributed by atoms with E-state index in [0.29, 0.717) is 34.8 Å². The highest BCUT2D eigenvalue weighted by Crippen LogP contribution is 2.81. The maximum atomic E-state index is 14.8. The van der Waals surface area contributed by atoms with E-state index in [1.165, 1.54) is 50.3 Å². The van der Waals surface area contributed by atoms with Gasteiger partial charge in [-0.1, -0.05) is 31.2 Å². The molecule has 0 saturated heterocycles. The van der Waals surface area contributed by atoms with E-state index >= 15 is 0 Å². The number of ether oxygens (including phenoxy) is 2. The van der Waals surface area contributed by atoms with Crippen LogP contribution in [-0.4, -0.2) is 11.6 Å². The zero-order valence-corrected chi connectivity index (χ0v) is 16.9. The Hall–Kier alpha value is -2.62. The lowest BCUT2D eigenvalue weighted by atomic mass is 9.45. The van der Waals surface area contributed by atoms with Crippen LogP contribution in [0.4, 0.5) is 4.39 Å². The van der Waals surface area contributed by atoms with E-state index < -0.39 is 17.4 Å². The van der Waals surface area contributed by atoms with Gasteiger partial charge in [0.05, 0.1) is 5.56 Å². The Kier molecular flexibility index (Phi) is 3.75. The summed E-state index contributed by atoms with van der Waals surface area (Å²) in [6.07, 6.45) is 8.16. The summed E-state index contributed by atoms with van der Waals surface area (Å²) in [4.78, 5) is 12.6. The molecule has 30 heavy (non-hydrogen) atoms. The molecule has 4 aliphatic carbocycles. The third kappa shape index (κ3) is 2.22. The first-order valence-electron chi connectivity index (χ1n) is 11.0. The van der Waals surface area contributed by atoms with Crippen molar-refractivity contribution in [1.82, 2.24) is 0 Å². The van der Waals surface area contributed by atoms with Gasteiger partial charge in [-0.05, 0) is 79.3 Å². The molecule has 0 N–H and O–H groups in total. The molecule has 2 aromatic carbocycles. The molecule has 4 fully saturated rings. The first-order chi connectivity index (χ1) is 14.6. The quantitative estimate of drug-likeness (QED) is 0.359. The fraction of sp³-hybridized carbons (Fsp3) is 0.423. The molecule has 6 atom stereocenters. The van der Waals surface area contributed by atoms with Gasteiger partial charge >= 0.3 is 5.97 Å². The van der Waals surface area contributed by atoms with Crippen molar-refractivity contribution in [1.29, 1.82) is 0 Å². The van der Waals surface area contributed by atoms with Crippen molar-refractivity contribution < 1.29 is 18.7 Å². The summed E-state index contributed by atoms with van der Waals surface area (Å²) >= 11 is 0. The predicted molar refractivity (Wildman–Crippen MR) is 111 cm³/mol. The predicted octanol–water partition coefficient (Wildman–Crippen LogP) is 5.80. The lowest BCUT2D eigenvalue weighted by Gasteiger charge is -2.62. The second-order valence-corrected chi connectivity index (χ2v) is 9.50. The molecule has 2 bridgehead atoms. The van der Waals surface area contributed by atoms with Crippen LogP contribution in [0.5, 0.6) is 11.5 Å². The van der Waals surface area contributed by atoms with Crippen LogP contribution in [0.1, 0.15) is 42.5 Å². The van der Waals surface area contributed by atoms with Gasteiger partial charge in [-0.15, -0.1) is 0 Å². The van der Waals surface area contributed by atoms with Gasteiger partial charge in [0, 0.05) is 11.8 Å². The van der Waals surface area contributed by atoms with Crippen molar-refractivity contribution in [2.24, 2.45) is 29.1 Å². The fourth-order valence-corrected chi connectivity index (χ4v) is 7.52. The molecule has 3 nitrogen and oxygen atoms in total. The average molecular weight is 404 g/mol. The lowest BCUT2D eigenvalue weighted by molar-refractivity contribution is -0.162. The fourth-order valence-electron chi connectivity index (χ4n) is 7.52. The zero-order valence-electron chi connectivity index (χ0n) is 16.9. The number of fused-ring (bicyclic) bond motifs is 2. The number of benzene rings is 2. The number of halogens is 1. The van der Waals surface area contributed by atoms with Crippen LogP contribution in [0.25, 0.3) is 0 Å². The summed E-state index contributed by atoms with van der Waals surface area (Å²) in [6, 6.07) is 13.1. The molecule has 0 heterocycles. The van der Waals surface area contributed by atoms with Crippen molar-refractivity contribution >= 4 is 5.97 Å². The molecule has 6 unspecified atom stereocenters. The molecule has 0 radical (unpaired) electrons. The summed E-state index contributed by atoms with van der Waals surface area (Å²) in [5.74, 6) is 1.77. The molecule has 4 aliphatic rings. The van der Waals surface area contributed by atoms with Crippen molar-refractivity contribution in [3.05, 3.63) is 72.6 Å². The Morgan fingerprint density at radius 3 is 2.73 bits per heavy atom. The number of hydrogen-bond acceptors (Lipinski definition) is 3. The van der Waals surface area contributed by atoms with Crippen LogP contribution >= 0.6 is 0 Å². The van der Waals surface area contributed by atoms with Gasteiger partial charge in [0.1, 0.15) is 11.4 Å². The Morgan fingerprint density at radius 2 is 1.93 bits per heavy atom. The molecule has 6 rings (SSSR count). The van der Waals surface area contributed by atoms with Crippen LogP contribution in [0.3, 0.4) is 0 Å². The summed E-state index contributed by atoms with van der Waals surface area (Å²) in [5.41, 5.74) is 0.288. The third-order valence-corrected chi connectivity index (χ3v) is 8.60. The van der Waals surface area contributed by atoms with Crippen LogP contribution in [0.2, 0.25) is 0 Å². The van der Waals surface area contributed by atoms with Crippen LogP contribution < -0.4 is 9.47 Å².